The van der Waals surface area contributed by atoms with E-state index in [4.69, 9.17) is 0 Å². The highest BCUT2D eigenvalue weighted by Crippen LogP contribution is 2.26. The third-order valence-electron chi connectivity index (χ3n) is 4.18. The molecule has 1 aliphatic rings. The number of aliphatic carboxylic acids is 1. The van der Waals surface area contributed by atoms with E-state index < -0.39 is 12.0 Å². The van der Waals surface area contributed by atoms with E-state index in [1.165, 1.54) is 0 Å². The minimum atomic E-state index is -0.856. The Morgan fingerprint density at radius 2 is 2.05 bits per heavy atom. The molecule has 1 N–H and O–H groups in total. The fourth-order valence-corrected chi connectivity index (χ4v) is 2.83. The lowest BCUT2D eigenvalue weighted by Crippen LogP contribution is -2.51. The summed E-state index contributed by atoms with van der Waals surface area (Å²) in [5, 5.41) is 9.31. The monoisotopic (exact) mass is 269 g/mol. The van der Waals surface area contributed by atoms with Crippen molar-refractivity contribution in [3.63, 3.8) is 0 Å². The number of unbranched alkanes of at least 4 members (excludes halogenated alkanes) is 1. The first-order valence-corrected chi connectivity index (χ1v) is 7.54. The van der Waals surface area contributed by atoms with Gasteiger partial charge in [0.1, 0.15) is 6.04 Å². The molecule has 1 saturated heterocycles. The van der Waals surface area contributed by atoms with Crippen molar-refractivity contribution in [1.29, 1.82) is 0 Å². The first-order valence-electron chi connectivity index (χ1n) is 7.54. The lowest BCUT2D eigenvalue weighted by Gasteiger charge is -2.37. The molecule has 0 radical (unpaired) electrons. The fourth-order valence-electron chi connectivity index (χ4n) is 2.83. The van der Waals surface area contributed by atoms with Crippen molar-refractivity contribution in [3.05, 3.63) is 0 Å². The summed E-state index contributed by atoms with van der Waals surface area (Å²) in [5.74, 6) is -0.420. The van der Waals surface area contributed by atoms with Crippen LogP contribution < -0.4 is 0 Å². The van der Waals surface area contributed by atoms with Crippen LogP contribution in [-0.4, -0.2) is 34.5 Å². The number of rotatable bonds is 6. The van der Waals surface area contributed by atoms with Gasteiger partial charge >= 0.3 is 5.97 Å². The Balaban J connectivity index is 2.73. The predicted molar refractivity (Wildman–Crippen MR) is 74.8 cm³/mol. The smallest absolute Gasteiger partial charge is 0.326 e. The lowest BCUT2D eigenvalue weighted by molar-refractivity contribution is -0.155. The molecule has 1 fully saturated rings. The van der Waals surface area contributed by atoms with Gasteiger partial charge in [0.2, 0.25) is 5.91 Å². The zero-order valence-electron chi connectivity index (χ0n) is 12.4. The molecule has 4 heteroatoms. The van der Waals surface area contributed by atoms with Gasteiger partial charge in [-0.05, 0) is 31.6 Å². The minimum absolute atomic E-state index is 0.00444. The van der Waals surface area contributed by atoms with Gasteiger partial charge in [-0.2, -0.15) is 0 Å². The highest BCUT2D eigenvalue weighted by atomic mass is 16.4. The second-order valence-corrected chi connectivity index (χ2v) is 5.76. The van der Waals surface area contributed by atoms with Gasteiger partial charge < -0.3 is 10.0 Å². The van der Waals surface area contributed by atoms with Crippen molar-refractivity contribution in [2.24, 2.45) is 11.8 Å². The number of amides is 1. The largest absolute Gasteiger partial charge is 0.480 e. The van der Waals surface area contributed by atoms with Crippen molar-refractivity contribution in [3.8, 4) is 0 Å². The standard InChI is InChI=1S/C15H27NO3/c1-4-6-7-12(5-2)14(17)16-9-8-11(3)10-13(16)15(18)19/h11-13H,4-10H2,1-3H3,(H,18,19). The van der Waals surface area contributed by atoms with Crippen molar-refractivity contribution in [1.82, 2.24) is 4.90 Å². The first kappa shape index (κ1) is 16.0. The highest BCUT2D eigenvalue weighted by molar-refractivity contribution is 5.85. The zero-order valence-corrected chi connectivity index (χ0v) is 12.4. The molecule has 1 heterocycles. The molecule has 110 valence electrons. The van der Waals surface area contributed by atoms with Gasteiger partial charge in [0, 0.05) is 12.5 Å². The third kappa shape index (κ3) is 4.22. The maximum Gasteiger partial charge on any atom is 0.326 e. The molecule has 0 aliphatic carbocycles. The molecule has 19 heavy (non-hydrogen) atoms. The summed E-state index contributed by atoms with van der Waals surface area (Å²) in [6, 6.07) is -0.619. The van der Waals surface area contributed by atoms with E-state index in [1.54, 1.807) is 4.90 Å². The van der Waals surface area contributed by atoms with Gasteiger partial charge in [-0.25, -0.2) is 4.79 Å². The maximum atomic E-state index is 12.5. The average molecular weight is 269 g/mol. The van der Waals surface area contributed by atoms with Crippen LogP contribution in [0.25, 0.3) is 0 Å². The summed E-state index contributed by atoms with van der Waals surface area (Å²) in [4.78, 5) is 25.5. The first-order chi connectivity index (χ1) is 9.01. The zero-order chi connectivity index (χ0) is 14.4. The molecular formula is C15H27NO3. The van der Waals surface area contributed by atoms with E-state index in [2.05, 4.69) is 13.8 Å². The second-order valence-electron chi connectivity index (χ2n) is 5.76. The van der Waals surface area contributed by atoms with E-state index in [0.717, 1.165) is 32.1 Å². The number of carboxylic acids is 1. The fraction of sp³-hybridized carbons (Fsp3) is 0.867. The van der Waals surface area contributed by atoms with E-state index in [-0.39, 0.29) is 11.8 Å². The molecule has 0 spiro atoms. The number of nitrogens with zero attached hydrogens (tertiary/aromatic N) is 1. The van der Waals surface area contributed by atoms with Gasteiger partial charge in [-0.3, -0.25) is 4.79 Å². The summed E-state index contributed by atoms with van der Waals surface area (Å²) in [7, 11) is 0. The Morgan fingerprint density at radius 3 is 2.58 bits per heavy atom. The number of carbonyl (C=O) groups is 2. The number of likely N-dealkylation sites (tertiary alicyclic amines) is 1. The predicted octanol–water partition coefficient (Wildman–Crippen LogP) is 2.91. The van der Waals surface area contributed by atoms with Gasteiger partial charge in [-0.1, -0.05) is 33.6 Å². The Labute approximate surface area is 116 Å². The Kier molecular flexibility index (Phi) is 6.32. The molecule has 0 aromatic heterocycles. The molecule has 3 atom stereocenters. The van der Waals surface area contributed by atoms with Gasteiger partial charge in [0.15, 0.2) is 0 Å². The third-order valence-corrected chi connectivity index (χ3v) is 4.18. The number of hydrogen-bond donors (Lipinski definition) is 1. The molecule has 3 unspecified atom stereocenters. The molecule has 4 nitrogen and oxygen atoms in total. The molecule has 1 aliphatic heterocycles. The maximum absolute atomic E-state index is 12.5. The molecule has 0 aromatic carbocycles. The molecule has 0 aromatic rings. The van der Waals surface area contributed by atoms with Crippen LogP contribution in [0.5, 0.6) is 0 Å². The lowest BCUT2D eigenvalue weighted by atomic mass is 9.89. The van der Waals surface area contributed by atoms with Crippen molar-refractivity contribution in [2.75, 3.05) is 6.54 Å². The summed E-state index contributed by atoms with van der Waals surface area (Å²) in [6.07, 6.45) is 5.29. The SMILES string of the molecule is CCCCC(CC)C(=O)N1CCC(C)CC1C(=O)O. The topological polar surface area (TPSA) is 57.6 Å². The van der Waals surface area contributed by atoms with Crippen molar-refractivity contribution < 1.29 is 14.7 Å². The van der Waals surface area contributed by atoms with E-state index in [0.29, 0.717) is 18.9 Å². The van der Waals surface area contributed by atoms with E-state index in [9.17, 15) is 14.7 Å². The van der Waals surface area contributed by atoms with E-state index >= 15 is 0 Å². The van der Waals surface area contributed by atoms with Crippen LogP contribution in [0.2, 0.25) is 0 Å². The van der Waals surface area contributed by atoms with Crippen LogP contribution in [0, 0.1) is 11.8 Å². The van der Waals surface area contributed by atoms with Crippen LogP contribution in [0.1, 0.15) is 59.3 Å². The molecule has 1 amide bonds. The molecule has 1 rings (SSSR count). The Morgan fingerprint density at radius 1 is 1.37 bits per heavy atom. The quantitative estimate of drug-likeness (QED) is 0.806. The second kappa shape index (κ2) is 7.51. The normalized spacial score (nSPS) is 25.1. The Hall–Kier alpha value is -1.06. The molecule has 0 saturated carbocycles. The van der Waals surface area contributed by atoms with Crippen LogP contribution in [0.15, 0.2) is 0 Å². The summed E-state index contributed by atoms with van der Waals surface area (Å²) in [5.41, 5.74) is 0. The van der Waals surface area contributed by atoms with Gasteiger partial charge in [-0.15, -0.1) is 0 Å². The van der Waals surface area contributed by atoms with Crippen molar-refractivity contribution in [2.45, 2.75) is 65.3 Å². The van der Waals surface area contributed by atoms with Crippen LogP contribution in [0.3, 0.4) is 0 Å². The van der Waals surface area contributed by atoms with E-state index in [1.807, 2.05) is 6.92 Å². The number of carbonyl (C=O) groups excluding carboxylic acids is 1. The van der Waals surface area contributed by atoms with Crippen molar-refractivity contribution >= 4 is 11.9 Å². The summed E-state index contributed by atoms with van der Waals surface area (Å²) >= 11 is 0. The molecule has 0 bridgehead atoms. The summed E-state index contributed by atoms with van der Waals surface area (Å²) in [6.45, 7) is 6.78. The number of carboxylic acid groups (broad SMARTS) is 1. The minimum Gasteiger partial charge on any atom is -0.480 e. The van der Waals surface area contributed by atoms with Gasteiger partial charge in [0.05, 0.1) is 0 Å². The summed E-state index contributed by atoms with van der Waals surface area (Å²) < 4.78 is 0. The number of hydrogen-bond acceptors (Lipinski definition) is 2. The van der Waals surface area contributed by atoms with Crippen LogP contribution >= 0.6 is 0 Å². The number of piperidine rings is 1. The average Bonchev–Trinajstić information content (AvgIpc) is 2.39. The van der Waals surface area contributed by atoms with Crippen LogP contribution in [0.4, 0.5) is 0 Å². The van der Waals surface area contributed by atoms with Gasteiger partial charge in [0.25, 0.3) is 0 Å². The highest BCUT2D eigenvalue weighted by Gasteiger charge is 2.36. The molecular weight excluding hydrogens is 242 g/mol. The Bertz CT molecular complexity index is 317. The van der Waals surface area contributed by atoms with Crippen LogP contribution in [-0.2, 0) is 9.59 Å².